The minimum Gasteiger partial charge on any atom is -0.496 e. The van der Waals surface area contributed by atoms with E-state index in [2.05, 4.69) is 13.8 Å². The minimum absolute atomic E-state index is 0.0653. The fraction of sp³-hybridized carbons (Fsp3) is 0.538. The Bertz CT molecular complexity index is 350. The van der Waals surface area contributed by atoms with Gasteiger partial charge in [0.05, 0.1) is 7.11 Å². The first-order valence-electron chi connectivity index (χ1n) is 5.51. The van der Waals surface area contributed by atoms with Crippen LogP contribution in [0.1, 0.15) is 25.8 Å². The van der Waals surface area contributed by atoms with Crippen molar-refractivity contribution in [2.45, 2.75) is 26.7 Å². The Morgan fingerprint density at radius 2 is 2.06 bits per heavy atom. The quantitative estimate of drug-likeness (QED) is 0.836. The normalized spacial score (nSPS) is 11.6. The number of methoxy groups -OCH3 is 1. The van der Waals surface area contributed by atoms with Crippen molar-refractivity contribution >= 4 is 0 Å². The van der Waals surface area contributed by atoms with Gasteiger partial charge in [0.15, 0.2) is 0 Å². The molecule has 0 radical (unpaired) electrons. The fourth-order valence-electron chi connectivity index (χ4n) is 1.88. The molecule has 0 unspecified atom stereocenters. The third-order valence-corrected chi connectivity index (χ3v) is 2.73. The zero-order valence-electron chi connectivity index (χ0n) is 10.2. The molecule has 1 aromatic rings. The number of ether oxygens (including phenoxy) is 1. The van der Waals surface area contributed by atoms with Crippen LogP contribution in [0.3, 0.4) is 0 Å². The summed E-state index contributed by atoms with van der Waals surface area (Å²) in [5.74, 6) is 0.519. The van der Waals surface area contributed by atoms with Gasteiger partial charge >= 0.3 is 0 Å². The highest BCUT2D eigenvalue weighted by molar-refractivity contribution is 5.34. The van der Waals surface area contributed by atoms with Crippen LogP contribution in [0.2, 0.25) is 0 Å². The molecule has 2 nitrogen and oxygen atoms in total. The molecule has 0 atom stereocenters. The van der Waals surface area contributed by atoms with E-state index in [1.54, 1.807) is 13.2 Å². The minimum atomic E-state index is -0.223. The SMILES string of the molecule is COc1ccc(F)cc1CC(C)(C)CCN. The van der Waals surface area contributed by atoms with Crippen molar-refractivity contribution < 1.29 is 9.13 Å². The lowest BCUT2D eigenvalue weighted by molar-refractivity contribution is 0.328. The van der Waals surface area contributed by atoms with Gasteiger partial charge in [-0.05, 0) is 48.6 Å². The van der Waals surface area contributed by atoms with Crippen molar-refractivity contribution in [1.82, 2.24) is 0 Å². The van der Waals surface area contributed by atoms with Crippen LogP contribution < -0.4 is 10.5 Å². The highest BCUT2D eigenvalue weighted by Gasteiger charge is 2.19. The van der Waals surface area contributed by atoms with Crippen LogP contribution in [-0.2, 0) is 6.42 Å². The third-order valence-electron chi connectivity index (χ3n) is 2.73. The molecule has 2 N–H and O–H groups in total. The maximum Gasteiger partial charge on any atom is 0.123 e. The average molecular weight is 225 g/mol. The standard InChI is InChI=1S/C13H20FNO/c1-13(2,6-7-15)9-10-8-11(14)4-5-12(10)16-3/h4-5,8H,6-7,9,15H2,1-3H3. The molecule has 0 aliphatic rings. The summed E-state index contributed by atoms with van der Waals surface area (Å²) in [5, 5.41) is 0. The van der Waals surface area contributed by atoms with E-state index in [-0.39, 0.29) is 11.2 Å². The molecule has 0 saturated carbocycles. The van der Waals surface area contributed by atoms with Gasteiger partial charge in [-0.15, -0.1) is 0 Å². The number of hydrogen-bond acceptors (Lipinski definition) is 2. The van der Waals surface area contributed by atoms with Gasteiger partial charge in [-0.2, -0.15) is 0 Å². The van der Waals surface area contributed by atoms with Crippen molar-refractivity contribution in [3.63, 3.8) is 0 Å². The Labute approximate surface area is 96.6 Å². The van der Waals surface area contributed by atoms with Crippen molar-refractivity contribution in [2.24, 2.45) is 11.1 Å². The van der Waals surface area contributed by atoms with Crippen molar-refractivity contribution in [3.8, 4) is 5.75 Å². The number of hydrogen-bond donors (Lipinski definition) is 1. The largest absolute Gasteiger partial charge is 0.496 e. The molecule has 1 aromatic carbocycles. The molecule has 90 valence electrons. The van der Waals surface area contributed by atoms with Crippen LogP contribution >= 0.6 is 0 Å². The van der Waals surface area contributed by atoms with Crippen molar-refractivity contribution in [2.75, 3.05) is 13.7 Å². The molecule has 3 heteroatoms. The number of nitrogens with two attached hydrogens (primary N) is 1. The summed E-state index contributed by atoms with van der Waals surface area (Å²) in [6, 6.07) is 4.62. The fourth-order valence-corrected chi connectivity index (χ4v) is 1.88. The van der Waals surface area contributed by atoms with E-state index in [9.17, 15) is 4.39 Å². The summed E-state index contributed by atoms with van der Waals surface area (Å²) in [6.07, 6.45) is 1.68. The first-order chi connectivity index (χ1) is 7.48. The summed E-state index contributed by atoms with van der Waals surface area (Å²) in [4.78, 5) is 0. The predicted molar refractivity (Wildman–Crippen MR) is 64.1 cm³/mol. The van der Waals surface area contributed by atoms with Gasteiger partial charge in [0.2, 0.25) is 0 Å². The Morgan fingerprint density at radius 1 is 1.38 bits per heavy atom. The Balaban J connectivity index is 2.90. The molecule has 0 aromatic heterocycles. The average Bonchev–Trinajstić information content (AvgIpc) is 2.17. The molecule has 0 spiro atoms. The van der Waals surface area contributed by atoms with Crippen LogP contribution in [0.25, 0.3) is 0 Å². The molecule has 0 amide bonds. The lowest BCUT2D eigenvalue weighted by atomic mass is 9.82. The smallest absolute Gasteiger partial charge is 0.123 e. The predicted octanol–water partition coefficient (Wildman–Crippen LogP) is 2.75. The zero-order chi connectivity index (χ0) is 12.2. The zero-order valence-corrected chi connectivity index (χ0v) is 10.2. The second-order valence-electron chi connectivity index (χ2n) is 4.84. The molecule has 0 bridgehead atoms. The van der Waals surface area contributed by atoms with Gasteiger partial charge in [0, 0.05) is 0 Å². The van der Waals surface area contributed by atoms with Gasteiger partial charge < -0.3 is 10.5 Å². The van der Waals surface area contributed by atoms with Crippen LogP contribution in [0, 0.1) is 11.2 Å². The molecule has 0 fully saturated rings. The molecule has 0 aliphatic carbocycles. The lowest BCUT2D eigenvalue weighted by Crippen LogP contribution is -2.20. The molecule has 16 heavy (non-hydrogen) atoms. The first kappa shape index (κ1) is 13.0. The second kappa shape index (κ2) is 5.30. The van der Waals surface area contributed by atoms with Gasteiger partial charge in [-0.25, -0.2) is 4.39 Å². The van der Waals surface area contributed by atoms with Gasteiger partial charge in [-0.1, -0.05) is 13.8 Å². The van der Waals surface area contributed by atoms with E-state index in [0.29, 0.717) is 6.54 Å². The van der Waals surface area contributed by atoms with Gasteiger partial charge in [0.25, 0.3) is 0 Å². The van der Waals surface area contributed by atoms with Gasteiger partial charge in [-0.3, -0.25) is 0 Å². The molecule has 0 heterocycles. The molecular formula is C13H20FNO. The van der Waals surface area contributed by atoms with E-state index >= 15 is 0 Å². The van der Waals surface area contributed by atoms with Gasteiger partial charge in [0.1, 0.15) is 11.6 Å². The summed E-state index contributed by atoms with van der Waals surface area (Å²) in [7, 11) is 1.60. The Morgan fingerprint density at radius 3 is 2.62 bits per heavy atom. The molecule has 1 rings (SSSR count). The van der Waals surface area contributed by atoms with Crippen LogP contribution in [0.15, 0.2) is 18.2 Å². The number of benzene rings is 1. The van der Waals surface area contributed by atoms with Crippen LogP contribution in [0.4, 0.5) is 4.39 Å². The van der Waals surface area contributed by atoms with E-state index < -0.39 is 0 Å². The Kier molecular flexibility index (Phi) is 4.30. The molecule has 0 saturated heterocycles. The van der Waals surface area contributed by atoms with E-state index in [1.165, 1.54) is 12.1 Å². The molecule has 0 aliphatic heterocycles. The Hall–Kier alpha value is -1.09. The van der Waals surface area contributed by atoms with Crippen molar-refractivity contribution in [1.29, 1.82) is 0 Å². The van der Waals surface area contributed by atoms with Crippen LogP contribution in [-0.4, -0.2) is 13.7 Å². The molecular weight excluding hydrogens is 205 g/mol. The van der Waals surface area contributed by atoms with E-state index in [4.69, 9.17) is 10.5 Å². The number of rotatable bonds is 5. The summed E-state index contributed by atoms with van der Waals surface area (Å²) < 4.78 is 18.4. The highest BCUT2D eigenvalue weighted by Crippen LogP contribution is 2.30. The first-order valence-corrected chi connectivity index (χ1v) is 5.51. The maximum atomic E-state index is 13.2. The highest BCUT2D eigenvalue weighted by atomic mass is 19.1. The number of halogens is 1. The summed E-state index contributed by atoms with van der Waals surface area (Å²) in [6.45, 7) is 4.90. The summed E-state index contributed by atoms with van der Waals surface area (Å²) >= 11 is 0. The third kappa shape index (κ3) is 3.49. The van der Waals surface area contributed by atoms with E-state index in [0.717, 1.165) is 24.2 Å². The second-order valence-corrected chi connectivity index (χ2v) is 4.84. The maximum absolute atomic E-state index is 13.2. The lowest BCUT2D eigenvalue weighted by Gasteiger charge is -2.24. The topological polar surface area (TPSA) is 35.2 Å². The van der Waals surface area contributed by atoms with Crippen LogP contribution in [0.5, 0.6) is 5.75 Å². The monoisotopic (exact) mass is 225 g/mol. The summed E-state index contributed by atoms with van der Waals surface area (Å²) in [5.41, 5.74) is 6.53. The van der Waals surface area contributed by atoms with Crippen molar-refractivity contribution in [3.05, 3.63) is 29.6 Å². The van der Waals surface area contributed by atoms with E-state index in [1.807, 2.05) is 0 Å².